The first-order chi connectivity index (χ1) is 9.47. The second kappa shape index (κ2) is 7.23. The van der Waals surface area contributed by atoms with E-state index in [0.717, 1.165) is 5.56 Å². The third kappa shape index (κ3) is 4.35. The third-order valence-corrected chi connectivity index (χ3v) is 2.48. The van der Waals surface area contributed by atoms with Gasteiger partial charge in [-0.2, -0.15) is 0 Å². The monoisotopic (exact) mass is 274 g/mol. The lowest BCUT2D eigenvalue weighted by Crippen LogP contribution is -2.22. The standard InChI is InChI=1S/C15H18N2O3/c1-4-17-15(19)12-5-6-14(10(2)7-12)20-13(9-18)8-11(3)16/h5-9,16H,4H2,1-3H3,(H,17,19)/b13-8+,16-11?. The molecule has 0 aliphatic carbocycles. The van der Waals surface area contributed by atoms with Gasteiger partial charge in [-0.25, -0.2) is 0 Å². The molecule has 0 spiro atoms. The number of carbonyl (C=O) groups is 2. The Morgan fingerprint density at radius 3 is 2.65 bits per heavy atom. The van der Waals surface area contributed by atoms with Gasteiger partial charge in [-0.1, -0.05) is 0 Å². The maximum atomic E-state index is 11.7. The van der Waals surface area contributed by atoms with Gasteiger partial charge in [0.05, 0.1) is 0 Å². The Morgan fingerprint density at radius 2 is 2.15 bits per heavy atom. The van der Waals surface area contributed by atoms with Crippen LogP contribution in [0, 0.1) is 12.3 Å². The fraction of sp³-hybridized carbons (Fsp3) is 0.267. The quantitative estimate of drug-likeness (QED) is 0.361. The van der Waals surface area contributed by atoms with E-state index in [4.69, 9.17) is 10.1 Å². The highest BCUT2D eigenvalue weighted by atomic mass is 16.5. The number of benzene rings is 1. The Hall–Kier alpha value is -2.43. The number of ether oxygens (including phenoxy) is 1. The first-order valence-corrected chi connectivity index (χ1v) is 6.26. The summed E-state index contributed by atoms with van der Waals surface area (Å²) in [6.45, 7) is 5.76. The maximum Gasteiger partial charge on any atom is 0.251 e. The van der Waals surface area contributed by atoms with E-state index in [1.54, 1.807) is 32.0 Å². The molecule has 0 fully saturated rings. The van der Waals surface area contributed by atoms with Gasteiger partial charge in [-0.15, -0.1) is 0 Å². The average molecular weight is 274 g/mol. The van der Waals surface area contributed by atoms with Crippen LogP contribution in [0.3, 0.4) is 0 Å². The van der Waals surface area contributed by atoms with Gasteiger partial charge in [0.25, 0.3) is 5.91 Å². The molecule has 106 valence electrons. The summed E-state index contributed by atoms with van der Waals surface area (Å²) in [6.07, 6.45) is 1.89. The van der Waals surface area contributed by atoms with Gasteiger partial charge in [0.1, 0.15) is 5.75 Å². The number of amides is 1. The molecule has 0 aliphatic rings. The average Bonchev–Trinajstić information content (AvgIpc) is 2.39. The minimum Gasteiger partial charge on any atom is -0.454 e. The molecule has 1 aromatic rings. The van der Waals surface area contributed by atoms with E-state index < -0.39 is 0 Å². The van der Waals surface area contributed by atoms with Crippen molar-refractivity contribution in [2.24, 2.45) is 0 Å². The van der Waals surface area contributed by atoms with Crippen molar-refractivity contribution in [2.45, 2.75) is 20.8 Å². The van der Waals surface area contributed by atoms with E-state index in [2.05, 4.69) is 5.32 Å². The highest BCUT2D eigenvalue weighted by Gasteiger charge is 2.09. The van der Waals surface area contributed by atoms with E-state index in [1.165, 1.54) is 6.08 Å². The van der Waals surface area contributed by atoms with Gasteiger partial charge in [-0.05, 0) is 44.5 Å². The highest BCUT2D eigenvalue weighted by Crippen LogP contribution is 2.21. The molecule has 5 heteroatoms. The molecule has 0 saturated carbocycles. The molecule has 2 N–H and O–H groups in total. The Morgan fingerprint density at radius 1 is 1.45 bits per heavy atom. The van der Waals surface area contributed by atoms with Crippen LogP contribution in [0.25, 0.3) is 0 Å². The number of rotatable bonds is 6. The summed E-state index contributed by atoms with van der Waals surface area (Å²) >= 11 is 0. The zero-order chi connectivity index (χ0) is 15.1. The zero-order valence-corrected chi connectivity index (χ0v) is 11.8. The highest BCUT2D eigenvalue weighted by molar-refractivity contribution is 5.95. The molecule has 5 nitrogen and oxygen atoms in total. The molecule has 1 amide bonds. The predicted molar refractivity (Wildman–Crippen MR) is 77.4 cm³/mol. The van der Waals surface area contributed by atoms with Gasteiger partial charge in [0.2, 0.25) is 0 Å². The number of allylic oxidation sites excluding steroid dienone is 2. The van der Waals surface area contributed by atoms with Crippen molar-refractivity contribution < 1.29 is 14.3 Å². The van der Waals surface area contributed by atoms with E-state index in [-0.39, 0.29) is 17.4 Å². The molecule has 0 aromatic heterocycles. The molecule has 1 aromatic carbocycles. The number of hydrogen-bond donors (Lipinski definition) is 2. The van der Waals surface area contributed by atoms with Crippen molar-refractivity contribution >= 4 is 17.9 Å². The molecule has 0 aliphatic heterocycles. The minimum atomic E-state index is -0.149. The van der Waals surface area contributed by atoms with Crippen LogP contribution in [0.4, 0.5) is 0 Å². The fourth-order valence-electron chi connectivity index (χ4n) is 1.60. The predicted octanol–water partition coefficient (Wildman–Crippen LogP) is 2.25. The number of hydrogen-bond acceptors (Lipinski definition) is 4. The molecule has 0 radical (unpaired) electrons. The molecule has 0 heterocycles. The summed E-state index contributed by atoms with van der Waals surface area (Å²) in [7, 11) is 0. The van der Waals surface area contributed by atoms with E-state index in [1.807, 2.05) is 6.92 Å². The largest absolute Gasteiger partial charge is 0.454 e. The van der Waals surface area contributed by atoms with Crippen molar-refractivity contribution in [1.29, 1.82) is 5.41 Å². The number of carbonyl (C=O) groups excluding carboxylic acids is 2. The van der Waals surface area contributed by atoms with Gasteiger partial charge in [0, 0.05) is 23.9 Å². The summed E-state index contributed by atoms with van der Waals surface area (Å²) in [6, 6.07) is 4.96. The minimum absolute atomic E-state index is 0.0614. The van der Waals surface area contributed by atoms with Crippen molar-refractivity contribution in [3.63, 3.8) is 0 Å². The topological polar surface area (TPSA) is 79.2 Å². The van der Waals surface area contributed by atoms with Crippen molar-refractivity contribution in [3.8, 4) is 5.75 Å². The number of nitrogens with one attached hydrogen (secondary N) is 2. The third-order valence-electron chi connectivity index (χ3n) is 2.48. The van der Waals surface area contributed by atoms with E-state index >= 15 is 0 Å². The molecule has 0 bridgehead atoms. The molecular weight excluding hydrogens is 256 g/mol. The summed E-state index contributed by atoms with van der Waals surface area (Å²) in [5.74, 6) is 0.396. The zero-order valence-electron chi connectivity index (χ0n) is 11.8. The second-order valence-electron chi connectivity index (χ2n) is 4.29. The van der Waals surface area contributed by atoms with Crippen LogP contribution in [0.15, 0.2) is 30.0 Å². The van der Waals surface area contributed by atoms with Crippen molar-refractivity contribution in [3.05, 3.63) is 41.2 Å². The number of aryl methyl sites for hydroxylation is 1. The lowest BCUT2D eigenvalue weighted by Gasteiger charge is -2.10. The van der Waals surface area contributed by atoms with Crippen molar-refractivity contribution in [1.82, 2.24) is 5.32 Å². The summed E-state index contributed by atoms with van der Waals surface area (Å²) in [5, 5.41) is 10.0. The second-order valence-corrected chi connectivity index (χ2v) is 4.29. The molecule has 0 atom stereocenters. The summed E-state index contributed by atoms with van der Waals surface area (Å²) in [5.41, 5.74) is 1.50. The van der Waals surface area contributed by atoms with Gasteiger partial charge in [0.15, 0.2) is 12.0 Å². The van der Waals surface area contributed by atoms with Crippen LogP contribution in [0.2, 0.25) is 0 Å². The smallest absolute Gasteiger partial charge is 0.251 e. The van der Waals surface area contributed by atoms with Gasteiger partial charge in [-0.3, -0.25) is 9.59 Å². The first-order valence-electron chi connectivity index (χ1n) is 6.26. The van der Waals surface area contributed by atoms with E-state index in [0.29, 0.717) is 24.1 Å². The molecular formula is C15H18N2O3. The maximum absolute atomic E-state index is 11.7. The Balaban J connectivity index is 2.96. The summed E-state index contributed by atoms with van der Waals surface area (Å²) in [4.78, 5) is 22.5. The van der Waals surface area contributed by atoms with Crippen LogP contribution >= 0.6 is 0 Å². The lowest BCUT2D eigenvalue weighted by atomic mass is 10.1. The van der Waals surface area contributed by atoms with Crippen LogP contribution in [0.1, 0.15) is 29.8 Å². The van der Waals surface area contributed by atoms with Crippen molar-refractivity contribution in [2.75, 3.05) is 6.54 Å². The molecule has 0 unspecified atom stereocenters. The Bertz CT molecular complexity index is 562. The Kier molecular flexibility index (Phi) is 5.65. The summed E-state index contributed by atoms with van der Waals surface area (Å²) < 4.78 is 5.42. The first kappa shape index (κ1) is 15.6. The Labute approximate surface area is 118 Å². The number of aldehydes is 1. The van der Waals surface area contributed by atoms with Crippen LogP contribution < -0.4 is 10.1 Å². The van der Waals surface area contributed by atoms with Crippen LogP contribution in [-0.4, -0.2) is 24.4 Å². The molecule has 1 rings (SSSR count). The molecule has 20 heavy (non-hydrogen) atoms. The van der Waals surface area contributed by atoms with Crippen LogP contribution in [0.5, 0.6) is 5.75 Å². The van der Waals surface area contributed by atoms with E-state index in [9.17, 15) is 9.59 Å². The normalized spacial score (nSPS) is 10.8. The molecule has 0 saturated heterocycles. The van der Waals surface area contributed by atoms with Gasteiger partial charge >= 0.3 is 0 Å². The fourth-order valence-corrected chi connectivity index (χ4v) is 1.60. The van der Waals surface area contributed by atoms with Gasteiger partial charge < -0.3 is 15.5 Å². The lowest BCUT2D eigenvalue weighted by molar-refractivity contribution is -0.106. The van der Waals surface area contributed by atoms with Crippen LogP contribution in [-0.2, 0) is 4.79 Å². The SMILES string of the molecule is CCNC(=O)c1ccc(O/C(C=O)=C/C(C)=N)c(C)c1.